The molecule has 3 nitrogen and oxygen atoms in total. The Kier molecular flexibility index (Phi) is 4.51. The molecular formula is C18H17ClFNO2S. The van der Waals surface area contributed by atoms with Gasteiger partial charge >= 0.3 is 0 Å². The number of allylic oxidation sites excluding steroid dienone is 2. The molecule has 0 amide bonds. The van der Waals surface area contributed by atoms with Crippen molar-refractivity contribution in [3.63, 3.8) is 0 Å². The highest BCUT2D eigenvalue weighted by molar-refractivity contribution is 7.89. The maximum absolute atomic E-state index is 14.1. The zero-order valence-electron chi connectivity index (χ0n) is 13.1. The molecule has 2 aromatic carbocycles. The SMILES string of the molecule is Cc1cc(C2=C(c3ccc(S(N)(=O)=O)c(F)c3)CCC2)ccc1Cl. The Hall–Kier alpha value is -1.69. The average Bonchev–Trinajstić information content (AvgIpc) is 2.98. The summed E-state index contributed by atoms with van der Waals surface area (Å²) in [6, 6.07) is 9.95. The summed E-state index contributed by atoms with van der Waals surface area (Å²) in [5.41, 5.74) is 4.94. The molecule has 0 atom stereocenters. The lowest BCUT2D eigenvalue weighted by Gasteiger charge is -2.11. The van der Waals surface area contributed by atoms with Crippen LogP contribution in [-0.2, 0) is 10.0 Å². The zero-order chi connectivity index (χ0) is 17.5. The van der Waals surface area contributed by atoms with E-state index in [4.69, 9.17) is 16.7 Å². The molecule has 6 heteroatoms. The van der Waals surface area contributed by atoms with Gasteiger partial charge in [-0.1, -0.05) is 29.8 Å². The van der Waals surface area contributed by atoms with Crippen LogP contribution in [0, 0.1) is 12.7 Å². The van der Waals surface area contributed by atoms with Gasteiger partial charge < -0.3 is 0 Å². The van der Waals surface area contributed by atoms with Crippen molar-refractivity contribution >= 4 is 32.8 Å². The number of benzene rings is 2. The monoisotopic (exact) mass is 365 g/mol. The van der Waals surface area contributed by atoms with Crippen LogP contribution >= 0.6 is 11.6 Å². The van der Waals surface area contributed by atoms with E-state index in [-0.39, 0.29) is 0 Å². The molecule has 0 bridgehead atoms. The first-order chi connectivity index (χ1) is 11.3. The van der Waals surface area contributed by atoms with Crippen molar-refractivity contribution in [2.45, 2.75) is 31.1 Å². The normalized spacial score (nSPS) is 15.2. The van der Waals surface area contributed by atoms with Gasteiger partial charge in [0.05, 0.1) is 0 Å². The Morgan fingerprint density at radius 2 is 1.62 bits per heavy atom. The fourth-order valence-corrected chi connectivity index (χ4v) is 3.84. The van der Waals surface area contributed by atoms with Crippen LogP contribution < -0.4 is 5.14 Å². The largest absolute Gasteiger partial charge is 0.240 e. The Labute approximate surface area is 146 Å². The highest BCUT2D eigenvalue weighted by atomic mass is 35.5. The molecule has 1 aliphatic carbocycles. The Balaban J connectivity index is 2.09. The van der Waals surface area contributed by atoms with Crippen LogP contribution in [-0.4, -0.2) is 8.42 Å². The van der Waals surface area contributed by atoms with Gasteiger partial charge in [0.15, 0.2) is 0 Å². The molecule has 3 rings (SSSR count). The van der Waals surface area contributed by atoms with E-state index in [2.05, 4.69) is 0 Å². The minimum Gasteiger partial charge on any atom is -0.225 e. The second-order valence-corrected chi connectivity index (χ2v) is 7.90. The molecule has 0 saturated carbocycles. The van der Waals surface area contributed by atoms with Crippen LogP contribution in [0.2, 0.25) is 5.02 Å². The number of nitrogens with two attached hydrogens (primary N) is 1. The van der Waals surface area contributed by atoms with Crippen molar-refractivity contribution in [1.82, 2.24) is 0 Å². The van der Waals surface area contributed by atoms with Gasteiger partial charge in [0, 0.05) is 5.02 Å². The van der Waals surface area contributed by atoms with E-state index < -0.39 is 20.7 Å². The molecule has 0 spiro atoms. The van der Waals surface area contributed by atoms with E-state index >= 15 is 0 Å². The molecule has 126 valence electrons. The molecule has 1 aliphatic rings. The van der Waals surface area contributed by atoms with E-state index in [1.807, 2.05) is 25.1 Å². The maximum Gasteiger partial charge on any atom is 0.240 e. The van der Waals surface area contributed by atoms with Crippen molar-refractivity contribution in [2.24, 2.45) is 5.14 Å². The minimum absolute atomic E-state index is 0.478. The van der Waals surface area contributed by atoms with E-state index in [9.17, 15) is 12.8 Å². The van der Waals surface area contributed by atoms with Crippen LogP contribution in [0.5, 0.6) is 0 Å². The summed E-state index contributed by atoms with van der Waals surface area (Å²) in [6.07, 6.45) is 2.70. The first-order valence-electron chi connectivity index (χ1n) is 7.58. The van der Waals surface area contributed by atoms with Crippen LogP contribution in [0.25, 0.3) is 11.1 Å². The summed E-state index contributed by atoms with van der Waals surface area (Å²) in [5.74, 6) is -0.818. The van der Waals surface area contributed by atoms with Crippen molar-refractivity contribution in [3.05, 3.63) is 63.9 Å². The van der Waals surface area contributed by atoms with Crippen LogP contribution in [0.3, 0.4) is 0 Å². The van der Waals surface area contributed by atoms with Gasteiger partial charge in [-0.25, -0.2) is 17.9 Å². The average molecular weight is 366 g/mol. The summed E-state index contributed by atoms with van der Waals surface area (Å²) in [5, 5.41) is 5.73. The number of primary sulfonamides is 1. The number of hydrogen-bond donors (Lipinski definition) is 1. The zero-order valence-corrected chi connectivity index (χ0v) is 14.7. The Morgan fingerprint density at radius 1 is 1.04 bits per heavy atom. The predicted octanol–water partition coefficient (Wildman–Crippen LogP) is 4.53. The van der Waals surface area contributed by atoms with Gasteiger partial charge in [-0.2, -0.15) is 0 Å². The number of halogens is 2. The third kappa shape index (κ3) is 3.24. The first-order valence-corrected chi connectivity index (χ1v) is 9.51. The predicted molar refractivity (Wildman–Crippen MR) is 94.6 cm³/mol. The van der Waals surface area contributed by atoms with E-state index in [0.717, 1.165) is 41.5 Å². The highest BCUT2D eigenvalue weighted by Gasteiger charge is 2.21. The van der Waals surface area contributed by atoms with Gasteiger partial charge in [0.1, 0.15) is 10.7 Å². The number of rotatable bonds is 3. The molecule has 0 aliphatic heterocycles. The van der Waals surface area contributed by atoms with Gasteiger partial charge in [0.2, 0.25) is 10.0 Å². The van der Waals surface area contributed by atoms with Crippen molar-refractivity contribution in [2.75, 3.05) is 0 Å². The molecule has 2 N–H and O–H groups in total. The summed E-state index contributed by atoms with van der Waals surface area (Å²) in [6.45, 7) is 1.95. The van der Waals surface area contributed by atoms with Crippen LogP contribution in [0.1, 0.15) is 36.0 Å². The third-order valence-electron chi connectivity index (χ3n) is 4.31. The first kappa shape index (κ1) is 17.1. The van der Waals surface area contributed by atoms with Crippen LogP contribution in [0.4, 0.5) is 4.39 Å². The van der Waals surface area contributed by atoms with Gasteiger partial charge in [-0.3, -0.25) is 0 Å². The van der Waals surface area contributed by atoms with Crippen molar-refractivity contribution in [1.29, 1.82) is 0 Å². The van der Waals surface area contributed by atoms with Gasteiger partial charge in [-0.05, 0) is 72.2 Å². The molecular weight excluding hydrogens is 349 g/mol. The summed E-state index contributed by atoms with van der Waals surface area (Å²) in [7, 11) is -4.06. The summed E-state index contributed by atoms with van der Waals surface area (Å²) < 4.78 is 36.9. The number of hydrogen-bond acceptors (Lipinski definition) is 2. The number of sulfonamides is 1. The fraction of sp³-hybridized carbons (Fsp3) is 0.222. The maximum atomic E-state index is 14.1. The lowest BCUT2D eigenvalue weighted by molar-refractivity contribution is 0.568. The summed E-state index contributed by atoms with van der Waals surface area (Å²) >= 11 is 6.09. The molecule has 0 saturated heterocycles. The van der Waals surface area contributed by atoms with Crippen molar-refractivity contribution in [3.8, 4) is 0 Å². The third-order valence-corrected chi connectivity index (χ3v) is 5.68. The minimum atomic E-state index is -4.06. The molecule has 0 aromatic heterocycles. The fourth-order valence-electron chi connectivity index (χ4n) is 3.13. The Bertz CT molecular complexity index is 951. The highest BCUT2D eigenvalue weighted by Crippen LogP contribution is 2.40. The molecule has 0 heterocycles. The van der Waals surface area contributed by atoms with E-state index in [1.165, 1.54) is 12.1 Å². The second-order valence-electron chi connectivity index (χ2n) is 5.96. The second kappa shape index (κ2) is 6.31. The molecule has 0 radical (unpaired) electrons. The standard InChI is InChI=1S/C18H17ClFNO2S/c1-11-9-12(5-7-16(11)19)14-3-2-4-15(14)13-6-8-18(17(20)10-13)24(21,22)23/h5-10H,2-4H2,1H3,(H2,21,22,23). The molecule has 0 unspecified atom stereocenters. The lowest BCUT2D eigenvalue weighted by atomic mass is 9.96. The summed E-state index contributed by atoms with van der Waals surface area (Å²) in [4.78, 5) is -0.478. The molecule has 0 fully saturated rings. The Morgan fingerprint density at radius 3 is 2.17 bits per heavy atom. The van der Waals surface area contributed by atoms with Gasteiger partial charge in [-0.15, -0.1) is 0 Å². The van der Waals surface area contributed by atoms with E-state index in [1.54, 1.807) is 6.07 Å². The van der Waals surface area contributed by atoms with Crippen molar-refractivity contribution < 1.29 is 12.8 Å². The molecule has 24 heavy (non-hydrogen) atoms. The topological polar surface area (TPSA) is 60.2 Å². The van der Waals surface area contributed by atoms with Gasteiger partial charge in [0.25, 0.3) is 0 Å². The van der Waals surface area contributed by atoms with Crippen LogP contribution in [0.15, 0.2) is 41.3 Å². The lowest BCUT2D eigenvalue weighted by Crippen LogP contribution is -2.14. The molecule has 2 aromatic rings. The van der Waals surface area contributed by atoms with E-state index in [0.29, 0.717) is 10.6 Å². The number of aryl methyl sites for hydroxylation is 1. The smallest absolute Gasteiger partial charge is 0.225 e. The quantitative estimate of drug-likeness (QED) is 0.868.